The van der Waals surface area contributed by atoms with Gasteiger partial charge in [0.2, 0.25) is 0 Å². The number of nitrogens with two attached hydrogens (primary N) is 1. The zero-order chi connectivity index (χ0) is 11.4. The van der Waals surface area contributed by atoms with Crippen LogP contribution in [0.3, 0.4) is 0 Å². The Kier molecular flexibility index (Phi) is 3.54. The molecular weight excluding hydrogens is 218 g/mol. The van der Waals surface area contributed by atoms with Gasteiger partial charge in [0, 0.05) is 29.9 Å². The van der Waals surface area contributed by atoms with E-state index in [9.17, 15) is 0 Å². The van der Waals surface area contributed by atoms with E-state index in [0.717, 1.165) is 24.5 Å². The lowest BCUT2D eigenvalue weighted by Crippen LogP contribution is -2.17. The maximum absolute atomic E-state index is 5.71. The molecule has 0 spiro atoms. The van der Waals surface area contributed by atoms with Gasteiger partial charge in [-0.15, -0.1) is 11.3 Å². The summed E-state index contributed by atoms with van der Waals surface area (Å²) >= 11 is 1.78. The number of nitrogens with zero attached hydrogens (tertiary/aromatic N) is 2. The van der Waals surface area contributed by atoms with Crippen LogP contribution in [0, 0.1) is 0 Å². The summed E-state index contributed by atoms with van der Waals surface area (Å²) in [6, 6.07) is 7.95. The molecule has 0 atom stereocenters. The van der Waals surface area contributed by atoms with Crippen LogP contribution < -0.4 is 5.73 Å². The Labute approximate surface area is 99.5 Å². The normalized spacial score (nSPS) is 10.9. The first kappa shape index (κ1) is 11.1. The molecule has 0 unspecified atom stereocenters. The first-order valence-corrected chi connectivity index (χ1v) is 6.03. The van der Waals surface area contributed by atoms with E-state index in [1.807, 2.05) is 12.1 Å². The minimum absolute atomic E-state index is 0.773. The number of pyridine rings is 1. The second kappa shape index (κ2) is 5.09. The SMILES string of the molecule is CN(Cc1cc(N)ccn1)Cc1cccs1. The quantitative estimate of drug-likeness (QED) is 0.881. The van der Waals surface area contributed by atoms with E-state index < -0.39 is 0 Å². The highest BCUT2D eigenvalue weighted by Gasteiger charge is 2.03. The van der Waals surface area contributed by atoms with Crippen LogP contribution in [-0.4, -0.2) is 16.9 Å². The summed E-state index contributed by atoms with van der Waals surface area (Å²) in [4.78, 5) is 7.89. The Morgan fingerprint density at radius 2 is 2.25 bits per heavy atom. The van der Waals surface area contributed by atoms with Crippen LogP contribution in [0.15, 0.2) is 35.8 Å². The molecule has 0 fully saturated rings. The van der Waals surface area contributed by atoms with Gasteiger partial charge in [-0.3, -0.25) is 9.88 Å². The van der Waals surface area contributed by atoms with Crippen LogP contribution in [0.2, 0.25) is 0 Å². The van der Waals surface area contributed by atoms with Gasteiger partial charge >= 0.3 is 0 Å². The maximum Gasteiger partial charge on any atom is 0.0564 e. The maximum atomic E-state index is 5.71. The van der Waals surface area contributed by atoms with Gasteiger partial charge < -0.3 is 5.73 Å². The van der Waals surface area contributed by atoms with Crippen molar-refractivity contribution in [1.29, 1.82) is 0 Å². The predicted octanol–water partition coefficient (Wildman–Crippen LogP) is 2.36. The van der Waals surface area contributed by atoms with Gasteiger partial charge in [-0.1, -0.05) is 6.07 Å². The van der Waals surface area contributed by atoms with Crippen molar-refractivity contribution in [1.82, 2.24) is 9.88 Å². The molecule has 0 radical (unpaired) electrons. The number of rotatable bonds is 4. The third kappa shape index (κ3) is 3.05. The minimum atomic E-state index is 0.773. The number of anilines is 1. The molecule has 0 amide bonds. The highest BCUT2D eigenvalue weighted by molar-refractivity contribution is 7.09. The lowest BCUT2D eigenvalue weighted by molar-refractivity contribution is 0.318. The molecule has 4 heteroatoms. The summed E-state index contributed by atoms with van der Waals surface area (Å²) < 4.78 is 0. The van der Waals surface area contributed by atoms with Gasteiger partial charge in [-0.25, -0.2) is 0 Å². The molecule has 2 aromatic rings. The molecule has 0 saturated carbocycles. The summed E-state index contributed by atoms with van der Waals surface area (Å²) in [5, 5.41) is 2.10. The van der Waals surface area contributed by atoms with Crippen LogP contribution in [0.5, 0.6) is 0 Å². The third-order valence-electron chi connectivity index (χ3n) is 2.28. The predicted molar refractivity (Wildman–Crippen MR) is 68.1 cm³/mol. The van der Waals surface area contributed by atoms with Crippen molar-refractivity contribution < 1.29 is 0 Å². The van der Waals surface area contributed by atoms with Crippen LogP contribution in [0.4, 0.5) is 5.69 Å². The largest absolute Gasteiger partial charge is 0.399 e. The summed E-state index contributed by atoms with van der Waals surface area (Å²) in [7, 11) is 2.09. The van der Waals surface area contributed by atoms with Gasteiger partial charge in [0.25, 0.3) is 0 Å². The van der Waals surface area contributed by atoms with Crippen molar-refractivity contribution >= 4 is 17.0 Å². The molecule has 0 aliphatic carbocycles. The Hall–Kier alpha value is -1.39. The second-order valence-corrected chi connectivity index (χ2v) is 4.86. The van der Waals surface area contributed by atoms with Gasteiger partial charge in [-0.2, -0.15) is 0 Å². The van der Waals surface area contributed by atoms with E-state index in [1.54, 1.807) is 17.5 Å². The summed E-state index contributed by atoms with van der Waals surface area (Å²) in [5.74, 6) is 0. The lowest BCUT2D eigenvalue weighted by Gasteiger charge is -2.15. The van der Waals surface area contributed by atoms with E-state index in [2.05, 4.69) is 34.4 Å². The Bertz CT molecular complexity index is 439. The van der Waals surface area contributed by atoms with Gasteiger partial charge in [-0.05, 0) is 30.6 Å². The second-order valence-electron chi connectivity index (χ2n) is 3.83. The van der Waals surface area contributed by atoms with E-state index >= 15 is 0 Å². The number of hydrogen-bond acceptors (Lipinski definition) is 4. The van der Waals surface area contributed by atoms with Crippen LogP contribution in [0.25, 0.3) is 0 Å². The van der Waals surface area contributed by atoms with Gasteiger partial charge in [0.15, 0.2) is 0 Å². The van der Waals surface area contributed by atoms with Crippen molar-refractivity contribution in [2.75, 3.05) is 12.8 Å². The van der Waals surface area contributed by atoms with E-state index in [4.69, 9.17) is 5.73 Å². The fraction of sp³-hybridized carbons (Fsp3) is 0.250. The fourth-order valence-electron chi connectivity index (χ4n) is 1.58. The number of thiophene rings is 1. The van der Waals surface area contributed by atoms with Gasteiger partial charge in [0.1, 0.15) is 0 Å². The Balaban J connectivity index is 1.94. The number of hydrogen-bond donors (Lipinski definition) is 1. The highest BCUT2D eigenvalue weighted by Crippen LogP contribution is 2.12. The topological polar surface area (TPSA) is 42.1 Å². The first-order chi connectivity index (χ1) is 7.74. The molecular formula is C12H15N3S. The minimum Gasteiger partial charge on any atom is -0.399 e. The smallest absolute Gasteiger partial charge is 0.0564 e. The molecule has 0 aliphatic heterocycles. The average Bonchev–Trinajstić information content (AvgIpc) is 2.70. The van der Waals surface area contributed by atoms with Crippen molar-refractivity contribution in [3.63, 3.8) is 0 Å². The number of aromatic nitrogens is 1. The average molecular weight is 233 g/mol. The third-order valence-corrected chi connectivity index (χ3v) is 3.14. The van der Waals surface area contributed by atoms with Crippen LogP contribution >= 0.6 is 11.3 Å². The summed E-state index contributed by atoms with van der Waals surface area (Å²) in [5.41, 5.74) is 7.50. The molecule has 0 saturated heterocycles. The molecule has 2 N–H and O–H groups in total. The summed E-state index contributed by atoms with van der Waals surface area (Å²) in [6.07, 6.45) is 1.75. The monoisotopic (exact) mass is 233 g/mol. The Morgan fingerprint density at radius 1 is 1.38 bits per heavy atom. The lowest BCUT2D eigenvalue weighted by atomic mass is 10.3. The molecule has 16 heavy (non-hydrogen) atoms. The van der Waals surface area contributed by atoms with Crippen LogP contribution in [0.1, 0.15) is 10.6 Å². The van der Waals surface area contributed by atoms with E-state index in [-0.39, 0.29) is 0 Å². The molecule has 0 aliphatic rings. The molecule has 2 heterocycles. The Morgan fingerprint density at radius 3 is 2.94 bits per heavy atom. The molecule has 2 rings (SSSR count). The molecule has 84 valence electrons. The number of nitrogen functional groups attached to an aromatic ring is 1. The van der Waals surface area contributed by atoms with Crippen molar-refractivity contribution in [2.45, 2.75) is 13.1 Å². The molecule has 3 nitrogen and oxygen atoms in total. The fourth-order valence-corrected chi connectivity index (χ4v) is 2.37. The van der Waals surface area contributed by atoms with E-state index in [1.165, 1.54) is 4.88 Å². The molecule has 2 aromatic heterocycles. The zero-order valence-electron chi connectivity index (χ0n) is 9.26. The standard InChI is InChI=1S/C12H15N3S/c1-15(9-12-3-2-6-16-12)8-11-7-10(13)4-5-14-11/h2-7H,8-9H2,1H3,(H2,13,14). The van der Waals surface area contributed by atoms with Crippen molar-refractivity contribution in [3.8, 4) is 0 Å². The highest BCUT2D eigenvalue weighted by atomic mass is 32.1. The molecule has 0 aromatic carbocycles. The zero-order valence-corrected chi connectivity index (χ0v) is 10.1. The van der Waals surface area contributed by atoms with Crippen molar-refractivity contribution in [2.24, 2.45) is 0 Å². The van der Waals surface area contributed by atoms with Gasteiger partial charge in [0.05, 0.1) is 5.69 Å². The van der Waals surface area contributed by atoms with E-state index in [0.29, 0.717) is 0 Å². The van der Waals surface area contributed by atoms with Crippen LogP contribution in [-0.2, 0) is 13.1 Å². The first-order valence-electron chi connectivity index (χ1n) is 5.15. The molecule has 0 bridgehead atoms. The summed E-state index contributed by atoms with van der Waals surface area (Å²) in [6.45, 7) is 1.77. The van der Waals surface area contributed by atoms with Crippen molar-refractivity contribution in [3.05, 3.63) is 46.4 Å².